The van der Waals surface area contributed by atoms with Crippen molar-refractivity contribution in [3.8, 4) is 11.5 Å². The Morgan fingerprint density at radius 1 is 1.12 bits per heavy atom. The number of amides is 2. The first-order valence-electron chi connectivity index (χ1n) is 10.3. The van der Waals surface area contributed by atoms with Crippen LogP contribution in [0.4, 0.5) is 5.13 Å². The van der Waals surface area contributed by atoms with Crippen LogP contribution in [0.1, 0.15) is 38.8 Å². The van der Waals surface area contributed by atoms with Crippen LogP contribution in [0.15, 0.2) is 42.5 Å². The topological polar surface area (TPSA) is 89.6 Å². The van der Waals surface area contributed by atoms with Gasteiger partial charge in [0.25, 0.3) is 5.91 Å². The molecule has 0 spiro atoms. The van der Waals surface area contributed by atoms with Gasteiger partial charge < -0.3 is 14.8 Å². The second-order valence-electron chi connectivity index (χ2n) is 7.61. The highest BCUT2D eigenvalue weighted by molar-refractivity contribution is 7.16. The van der Waals surface area contributed by atoms with E-state index in [1.54, 1.807) is 18.2 Å². The number of halogens is 1. The molecule has 1 atom stereocenters. The zero-order chi connectivity index (χ0) is 22.1. The number of benzene rings is 2. The summed E-state index contributed by atoms with van der Waals surface area (Å²) in [6.45, 7) is 0.701. The van der Waals surface area contributed by atoms with Gasteiger partial charge in [0.05, 0.1) is 11.6 Å². The first-order valence-corrected chi connectivity index (χ1v) is 11.5. The minimum Gasteiger partial charge on any atom is -0.454 e. The number of carbonyl (C=O) groups is 2. The number of ether oxygens (including phenoxy) is 2. The Labute approximate surface area is 193 Å². The lowest BCUT2D eigenvalue weighted by atomic mass is 10.1. The maximum absolute atomic E-state index is 12.7. The lowest BCUT2D eigenvalue weighted by Gasteiger charge is -2.11. The molecule has 0 fully saturated rings. The largest absolute Gasteiger partial charge is 0.454 e. The summed E-state index contributed by atoms with van der Waals surface area (Å²) in [4.78, 5) is 31.0. The van der Waals surface area contributed by atoms with Crippen molar-refractivity contribution in [3.63, 3.8) is 0 Å². The molecule has 9 heteroatoms. The summed E-state index contributed by atoms with van der Waals surface area (Å²) in [6.07, 6.45) is 2.25. The summed E-state index contributed by atoms with van der Waals surface area (Å²) in [7, 11) is 0. The number of aromatic nitrogens is 1. The van der Waals surface area contributed by atoms with Gasteiger partial charge in [-0.25, -0.2) is 4.98 Å². The molecule has 7 nitrogen and oxygen atoms in total. The molecule has 164 valence electrons. The van der Waals surface area contributed by atoms with Crippen LogP contribution in [-0.4, -0.2) is 30.1 Å². The standard InChI is InChI=1S/C23H20ClN3O4S/c24-15-4-1-13(2-5-15)9-10-25-22(29)16-6-8-19-20(16)26-23(32-19)27-21(28)14-3-7-17-18(11-14)31-12-30-17/h1-5,7,11,16H,6,8-10,12H2,(H,25,29)(H,26,27,28)/t16-/m0/s1. The third-order valence-corrected chi connectivity index (χ3v) is 6.81. The van der Waals surface area contributed by atoms with Crippen molar-refractivity contribution < 1.29 is 19.1 Å². The number of aryl methyl sites for hydroxylation is 1. The van der Waals surface area contributed by atoms with E-state index < -0.39 is 0 Å². The Morgan fingerprint density at radius 3 is 2.78 bits per heavy atom. The average molecular weight is 470 g/mol. The molecule has 2 amide bonds. The van der Waals surface area contributed by atoms with Gasteiger partial charge in [-0.15, -0.1) is 11.3 Å². The SMILES string of the molecule is O=C(Nc1nc2c(s1)CC[C@@H]2C(=O)NCCc1ccc(Cl)cc1)c1ccc2c(c1)OCO2. The van der Waals surface area contributed by atoms with Crippen LogP contribution in [0, 0.1) is 0 Å². The number of rotatable bonds is 6. The minimum atomic E-state index is -0.289. The van der Waals surface area contributed by atoms with Gasteiger partial charge in [0.2, 0.25) is 12.7 Å². The number of nitrogens with zero attached hydrogens (tertiary/aromatic N) is 1. The molecule has 2 heterocycles. The molecule has 2 aromatic carbocycles. The van der Waals surface area contributed by atoms with Gasteiger partial charge in [0, 0.05) is 22.0 Å². The molecule has 1 aliphatic heterocycles. The fourth-order valence-corrected chi connectivity index (χ4v) is 5.01. The smallest absolute Gasteiger partial charge is 0.257 e. The quantitative estimate of drug-likeness (QED) is 0.565. The lowest BCUT2D eigenvalue weighted by Crippen LogP contribution is -2.30. The van der Waals surface area contributed by atoms with Crippen molar-refractivity contribution in [2.24, 2.45) is 0 Å². The maximum atomic E-state index is 12.7. The van der Waals surface area contributed by atoms with E-state index in [0.29, 0.717) is 33.8 Å². The zero-order valence-corrected chi connectivity index (χ0v) is 18.6. The third-order valence-electron chi connectivity index (χ3n) is 5.52. The van der Waals surface area contributed by atoms with Gasteiger partial charge in [0.15, 0.2) is 16.6 Å². The Morgan fingerprint density at radius 2 is 1.94 bits per heavy atom. The van der Waals surface area contributed by atoms with Gasteiger partial charge in [-0.05, 0) is 55.2 Å². The van der Waals surface area contributed by atoms with Gasteiger partial charge in [-0.3, -0.25) is 14.9 Å². The first kappa shape index (κ1) is 20.8. The normalized spacial score (nSPS) is 16.0. The Hall–Kier alpha value is -3.10. The van der Waals surface area contributed by atoms with E-state index in [-0.39, 0.29) is 24.5 Å². The van der Waals surface area contributed by atoms with E-state index in [1.165, 1.54) is 11.3 Å². The minimum absolute atomic E-state index is 0.0309. The zero-order valence-electron chi connectivity index (χ0n) is 17.0. The van der Waals surface area contributed by atoms with Crippen LogP contribution in [0.5, 0.6) is 11.5 Å². The second kappa shape index (κ2) is 8.80. The molecule has 2 N–H and O–H groups in total. The van der Waals surface area contributed by atoms with E-state index in [2.05, 4.69) is 15.6 Å². The number of hydrogen-bond donors (Lipinski definition) is 2. The molecule has 0 saturated carbocycles. The number of carbonyl (C=O) groups excluding carboxylic acids is 2. The molecule has 0 radical (unpaired) electrons. The second-order valence-corrected chi connectivity index (χ2v) is 9.13. The lowest BCUT2D eigenvalue weighted by molar-refractivity contribution is -0.122. The van der Waals surface area contributed by atoms with Crippen LogP contribution in [0.3, 0.4) is 0 Å². The predicted octanol–water partition coefficient (Wildman–Crippen LogP) is 4.17. The molecule has 32 heavy (non-hydrogen) atoms. The number of nitrogens with one attached hydrogen (secondary N) is 2. The molecular formula is C23H20ClN3O4S. The van der Waals surface area contributed by atoms with Crippen molar-refractivity contribution in [2.75, 3.05) is 18.7 Å². The average Bonchev–Trinajstić information content (AvgIpc) is 3.50. The monoisotopic (exact) mass is 469 g/mol. The van der Waals surface area contributed by atoms with Crippen LogP contribution in [-0.2, 0) is 17.6 Å². The maximum Gasteiger partial charge on any atom is 0.257 e. The summed E-state index contributed by atoms with van der Waals surface area (Å²) < 4.78 is 10.6. The van der Waals surface area contributed by atoms with E-state index in [1.807, 2.05) is 24.3 Å². The van der Waals surface area contributed by atoms with Crippen LogP contribution < -0.4 is 20.1 Å². The van der Waals surface area contributed by atoms with E-state index in [4.69, 9.17) is 21.1 Å². The van der Waals surface area contributed by atoms with Crippen LogP contribution in [0.25, 0.3) is 0 Å². The van der Waals surface area contributed by atoms with Gasteiger partial charge >= 0.3 is 0 Å². The summed E-state index contributed by atoms with van der Waals surface area (Å²) in [5, 5.41) is 7.04. The van der Waals surface area contributed by atoms with Crippen molar-refractivity contribution in [3.05, 3.63) is 69.2 Å². The van der Waals surface area contributed by atoms with Crippen molar-refractivity contribution in [2.45, 2.75) is 25.2 Å². The van der Waals surface area contributed by atoms with E-state index in [9.17, 15) is 9.59 Å². The van der Waals surface area contributed by atoms with Gasteiger partial charge in [0.1, 0.15) is 0 Å². The Bertz CT molecular complexity index is 1180. The Balaban J connectivity index is 1.19. The van der Waals surface area contributed by atoms with Crippen molar-refractivity contribution in [1.29, 1.82) is 0 Å². The van der Waals surface area contributed by atoms with Crippen molar-refractivity contribution >= 4 is 39.9 Å². The highest BCUT2D eigenvalue weighted by Gasteiger charge is 2.32. The highest BCUT2D eigenvalue weighted by Crippen LogP contribution is 2.39. The molecular weight excluding hydrogens is 450 g/mol. The first-order chi connectivity index (χ1) is 15.6. The molecule has 1 aromatic heterocycles. The summed E-state index contributed by atoms with van der Waals surface area (Å²) in [5.74, 6) is 0.577. The van der Waals surface area contributed by atoms with Crippen LogP contribution in [0.2, 0.25) is 5.02 Å². The number of thiazole rings is 1. The summed E-state index contributed by atoms with van der Waals surface area (Å²) in [6, 6.07) is 12.6. The van der Waals surface area contributed by atoms with E-state index in [0.717, 1.165) is 35.4 Å². The number of fused-ring (bicyclic) bond motifs is 2. The molecule has 0 saturated heterocycles. The predicted molar refractivity (Wildman–Crippen MR) is 122 cm³/mol. The number of anilines is 1. The summed E-state index contributed by atoms with van der Waals surface area (Å²) >= 11 is 7.33. The molecule has 2 aliphatic rings. The molecule has 3 aromatic rings. The van der Waals surface area contributed by atoms with Gasteiger partial charge in [-0.2, -0.15) is 0 Å². The number of hydrogen-bond acceptors (Lipinski definition) is 6. The third kappa shape index (κ3) is 4.28. The van der Waals surface area contributed by atoms with E-state index >= 15 is 0 Å². The molecule has 5 rings (SSSR count). The van der Waals surface area contributed by atoms with Crippen LogP contribution >= 0.6 is 22.9 Å². The Kier molecular flexibility index (Phi) is 5.71. The molecule has 0 unspecified atom stereocenters. The molecule has 1 aliphatic carbocycles. The fraction of sp³-hybridized carbons (Fsp3) is 0.261. The van der Waals surface area contributed by atoms with Gasteiger partial charge in [-0.1, -0.05) is 23.7 Å². The summed E-state index contributed by atoms with van der Waals surface area (Å²) in [5.41, 5.74) is 2.34. The highest BCUT2D eigenvalue weighted by atomic mass is 35.5. The molecule has 0 bridgehead atoms. The van der Waals surface area contributed by atoms with Crippen molar-refractivity contribution in [1.82, 2.24) is 10.3 Å². The fourth-order valence-electron chi connectivity index (χ4n) is 3.85.